The second-order valence-electron chi connectivity index (χ2n) is 9.22. The van der Waals surface area contributed by atoms with Gasteiger partial charge in [0.05, 0.1) is 0 Å². The number of benzene rings is 2. The highest BCUT2D eigenvalue weighted by Gasteiger charge is 2.24. The van der Waals surface area contributed by atoms with Gasteiger partial charge in [-0.25, -0.2) is 15.0 Å². The molecule has 4 N–H and O–H groups in total. The lowest BCUT2D eigenvalue weighted by atomic mass is 10.1. The number of rotatable bonds is 7. The number of fused-ring (bicyclic) bond motifs is 2. The maximum atomic E-state index is 12.4. The highest BCUT2D eigenvalue weighted by Crippen LogP contribution is 2.43. The Morgan fingerprint density at radius 3 is 2.66 bits per heavy atom. The number of hydrogen-bond donors (Lipinski definition) is 2. The highest BCUT2D eigenvalue weighted by molar-refractivity contribution is 9.10. The van der Waals surface area contributed by atoms with Gasteiger partial charge in [-0.1, -0.05) is 12.1 Å². The molecule has 1 aliphatic carbocycles. The van der Waals surface area contributed by atoms with Crippen LogP contribution in [0.15, 0.2) is 57.3 Å². The van der Waals surface area contributed by atoms with E-state index in [4.69, 9.17) is 30.7 Å². The molecule has 6 rings (SSSR count). The first-order chi connectivity index (χ1) is 18.5. The highest BCUT2D eigenvalue weighted by atomic mass is 79.9. The number of carbonyl (C=O) groups excluding carboxylic acids is 1. The van der Waals surface area contributed by atoms with E-state index in [1.54, 1.807) is 0 Å². The molecule has 0 saturated heterocycles. The van der Waals surface area contributed by atoms with Gasteiger partial charge < -0.3 is 25.7 Å². The van der Waals surface area contributed by atoms with Crippen LogP contribution in [0.1, 0.15) is 31.2 Å². The number of imidazole rings is 1. The Bertz CT molecular complexity index is 1510. The van der Waals surface area contributed by atoms with Crippen LogP contribution in [0.5, 0.6) is 11.5 Å². The SMILES string of the molecule is Nc1ncnc2c1nc(Sc1cc3c(cc1Br)OCO3)n2-c1ccc(C[C@H](N)C(=O)OC2CCCC2)cc1. The van der Waals surface area contributed by atoms with E-state index in [0.717, 1.165) is 46.3 Å². The third kappa shape index (κ3) is 4.91. The average Bonchev–Trinajstić information content (AvgIpc) is 3.66. The van der Waals surface area contributed by atoms with E-state index in [1.807, 2.05) is 41.0 Å². The molecule has 1 fully saturated rings. The molecular weight excluding hydrogens is 572 g/mol. The molecule has 0 radical (unpaired) electrons. The quantitative estimate of drug-likeness (QED) is 0.295. The number of aromatic nitrogens is 4. The predicted octanol–water partition coefficient (Wildman–Crippen LogP) is 4.40. The minimum absolute atomic E-state index is 0.000548. The molecule has 196 valence electrons. The summed E-state index contributed by atoms with van der Waals surface area (Å²) in [5.74, 6) is 1.31. The summed E-state index contributed by atoms with van der Waals surface area (Å²) in [5, 5.41) is 0.649. The van der Waals surface area contributed by atoms with Crippen LogP contribution in [0.25, 0.3) is 16.9 Å². The molecule has 0 bridgehead atoms. The van der Waals surface area contributed by atoms with Gasteiger partial charge in [-0.2, -0.15) is 0 Å². The maximum absolute atomic E-state index is 12.4. The van der Waals surface area contributed by atoms with Crippen LogP contribution in [0.3, 0.4) is 0 Å². The zero-order valence-electron chi connectivity index (χ0n) is 20.3. The van der Waals surface area contributed by atoms with E-state index in [1.165, 1.54) is 18.1 Å². The van der Waals surface area contributed by atoms with Crippen LogP contribution in [-0.4, -0.2) is 44.4 Å². The predicted molar refractivity (Wildman–Crippen MR) is 145 cm³/mol. The number of nitrogens with zero attached hydrogens (tertiary/aromatic N) is 4. The Kier molecular flexibility index (Phi) is 6.85. The van der Waals surface area contributed by atoms with E-state index < -0.39 is 6.04 Å². The number of nitrogen functional groups attached to an aromatic ring is 1. The fourth-order valence-corrected chi connectivity index (χ4v) is 6.15. The topological polar surface area (TPSA) is 140 Å². The van der Waals surface area contributed by atoms with Crippen LogP contribution in [0.4, 0.5) is 5.82 Å². The summed E-state index contributed by atoms with van der Waals surface area (Å²) in [6.07, 6.45) is 5.84. The van der Waals surface area contributed by atoms with E-state index >= 15 is 0 Å². The van der Waals surface area contributed by atoms with Crippen molar-refractivity contribution in [3.8, 4) is 17.2 Å². The average molecular weight is 597 g/mol. The van der Waals surface area contributed by atoms with Gasteiger partial charge in [0, 0.05) is 15.1 Å². The molecule has 1 aliphatic heterocycles. The van der Waals surface area contributed by atoms with Gasteiger partial charge in [0.2, 0.25) is 6.79 Å². The van der Waals surface area contributed by atoms with Gasteiger partial charge in [0.15, 0.2) is 33.6 Å². The first-order valence-electron chi connectivity index (χ1n) is 12.3. The Morgan fingerprint density at radius 2 is 1.89 bits per heavy atom. The molecule has 0 amide bonds. The van der Waals surface area contributed by atoms with Crippen molar-refractivity contribution in [2.75, 3.05) is 12.5 Å². The van der Waals surface area contributed by atoms with Crippen LogP contribution in [0.2, 0.25) is 0 Å². The minimum atomic E-state index is -0.711. The van der Waals surface area contributed by atoms with Crippen molar-refractivity contribution in [3.05, 3.63) is 52.8 Å². The number of nitrogens with two attached hydrogens (primary N) is 2. The lowest BCUT2D eigenvalue weighted by Crippen LogP contribution is -2.36. The van der Waals surface area contributed by atoms with Gasteiger partial charge in [0.25, 0.3) is 0 Å². The first-order valence-corrected chi connectivity index (χ1v) is 13.9. The van der Waals surface area contributed by atoms with Crippen molar-refractivity contribution in [3.63, 3.8) is 0 Å². The number of ether oxygens (including phenoxy) is 3. The number of anilines is 1. The first kappa shape index (κ1) is 25.0. The normalized spacial score (nSPS) is 15.7. The molecule has 12 heteroatoms. The Labute approximate surface area is 231 Å². The molecule has 38 heavy (non-hydrogen) atoms. The van der Waals surface area contributed by atoms with Crippen LogP contribution in [-0.2, 0) is 16.0 Å². The maximum Gasteiger partial charge on any atom is 0.323 e. The summed E-state index contributed by atoms with van der Waals surface area (Å²) in [7, 11) is 0. The third-order valence-corrected chi connectivity index (χ3v) is 8.54. The number of carbonyl (C=O) groups is 1. The summed E-state index contributed by atoms with van der Waals surface area (Å²) in [6, 6.07) is 10.9. The largest absolute Gasteiger partial charge is 0.461 e. The van der Waals surface area contributed by atoms with Crippen molar-refractivity contribution in [1.82, 2.24) is 19.5 Å². The lowest BCUT2D eigenvalue weighted by molar-refractivity contribution is -0.150. The molecule has 1 atom stereocenters. The Hall–Kier alpha value is -3.35. The molecule has 2 aromatic heterocycles. The molecule has 2 aromatic carbocycles. The summed E-state index contributed by atoms with van der Waals surface area (Å²) in [4.78, 5) is 26.7. The van der Waals surface area contributed by atoms with Crippen LogP contribution >= 0.6 is 27.7 Å². The number of halogens is 1. The Morgan fingerprint density at radius 1 is 1.16 bits per heavy atom. The van der Waals surface area contributed by atoms with Gasteiger partial charge >= 0.3 is 5.97 Å². The molecule has 2 aliphatic rings. The fourth-order valence-electron chi connectivity index (χ4n) is 4.64. The van der Waals surface area contributed by atoms with Gasteiger partial charge in [-0.3, -0.25) is 9.36 Å². The second kappa shape index (κ2) is 10.4. The standard InChI is InChI=1S/C26H25BrN6O4S/c27-17-10-19-20(36-13-35-19)11-21(17)38-26-32-22-23(29)30-12-31-24(22)33(26)15-7-5-14(6-8-15)9-18(28)25(34)37-16-3-1-2-4-16/h5-8,10-12,16,18H,1-4,9,13,28H2,(H2,29,30,31)/t18-/m0/s1. The van der Waals surface area contributed by atoms with Crippen LogP contribution < -0.4 is 20.9 Å². The second-order valence-corrected chi connectivity index (χ2v) is 11.1. The molecule has 0 unspecified atom stereocenters. The number of esters is 1. The van der Waals surface area contributed by atoms with Gasteiger partial charge in [-0.05, 0) is 89.6 Å². The lowest BCUT2D eigenvalue weighted by Gasteiger charge is -2.16. The Balaban J connectivity index is 1.28. The van der Waals surface area contributed by atoms with Crippen molar-refractivity contribution in [2.45, 2.75) is 54.3 Å². The van der Waals surface area contributed by atoms with E-state index in [2.05, 4.69) is 25.9 Å². The summed E-state index contributed by atoms with van der Waals surface area (Å²) in [5.41, 5.74) is 15.2. The van der Waals surface area contributed by atoms with Crippen molar-refractivity contribution >= 4 is 50.6 Å². The van der Waals surface area contributed by atoms with Crippen molar-refractivity contribution in [2.24, 2.45) is 5.73 Å². The fraction of sp³-hybridized carbons (Fsp3) is 0.308. The van der Waals surface area contributed by atoms with Crippen molar-refractivity contribution < 1.29 is 19.0 Å². The third-order valence-electron chi connectivity index (χ3n) is 6.61. The van der Waals surface area contributed by atoms with Gasteiger partial charge in [-0.15, -0.1) is 0 Å². The van der Waals surface area contributed by atoms with Gasteiger partial charge in [0.1, 0.15) is 18.5 Å². The summed E-state index contributed by atoms with van der Waals surface area (Å²) >= 11 is 5.06. The molecule has 1 saturated carbocycles. The van der Waals surface area contributed by atoms with E-state index in [0.29, 0.717) is 40.1 Å². The molecule has 0 spiro atoms. The summed E-state index contributed by atoms with van der Waals surface area (Å²) < 4.78 is 19.4. The van der Waals surface area contributed by atoms with E-state index in [9.17, 15) is 4.79 Å². The van der Waals surface area contributed by atoms with Crippen molar-refractivity contribution in [1.29, 1.82) is 0 Å². The summed E-state index contributed by atoms with van der Waals surface area (Å²) in [6.45, 7) is 0.189. The molecule has 3 heterocycles. The molecule has 10 nitrogen and oxygen atoms in total. The molecular formula is C26H25BrN6O4S. The monoisotopic (exact) mass is 596 g/mol. The zero-order valence-corrected chi connectivity index (χ0v) is 22.7. The van der Waals surface area contributed by atoms with Crippen LogP contribution in [0, 0.1) is 0 Å². The molecule has 4 aromatic rings. The smallest absolute Gasteiger partial charge is 0.323 e. The number of hydrogen-bond acceptors (Lipinski definition) is 10. The van der Waals surface area contributed by atoms with E-state index in [-0.39, 0.29) is 18.9 Å². The minimum Gasteiger partial charge on any atom is -0.461 e. The zero-order chi connectivity index (χ0) is 26.2.